The van der Waals surface area contributed by atoms with Gasteiger partial charge in [-0.15, -0.1) is 0 Å². The van der Waals surface area contributed by atoms with Gasteiger partial charge in [0.05, 0.1) is 13.5 Å². The SMILES string of the molecule is COc1ccc(C(=O)NCC2(CC(=O)O)CCC2)cc1. The van der Waals surface area contributed by atoms with Gasteiger partial charge in [-0.3, -0.25) is 9.59 Å². The maximum Gasteiger partial charge on any atom is 0.303 e. The Hall–Kier alpha value is -2.04. The minimum atomic E-state index is -0.802. The van der Waals surface area contributed by atoms with Crippen LogP contribution >= 0.6 is 0 Å². The molecule has 1 aromatic carbocycles. The van der Waals surface area contributed by atoms with E-state index in [1.165, 1.54) is 0 Å². The van der Waals surface area contributed by atoms with Gasteiger partial charge in [0.25, 0.3) is 5.91 Å². The molecule has 0 unspecified atom stereocenters. The Morgan fingerprint density at radius 3 is 2.40 bits per heavy atom. The number of nitrogens with one attached hydrogen (secondary N) is 1. The van der Waals surface area contributed by atoms with E-state index in [1.54, 1.807) is 31.4 Å². The lowest BCUT2D eigenvalue weighted by Gasteiger charge is -2.40. The number of aliphatic carboxylic acids is 1. The van der Waals surface area contributed by atoms with Crippen LogP contribution in [0.2, 0.25) is 0 Å². The van der Waals surface area contributed by atoms with Crippen molar-refractivity contribution >= 4 is 11.9 Å². The van der Waals surface area contributed by atoms with Crippen molar-refractivity contribution in [2.24, 2.45) is 5.41 Å². The topological polar surface area (TPSA) is 75.6 Å². The van der Waals surface area contributed by atoms with E-state index >= 15 is 0 Å². The van der Waals surface area contributed by atoms with Crippen molar-refractivity contribution in [3.05, 3.63) is 29.8 Å². The fourth-order valence-electron chi connectivity index (χ4n) is 2.53. The van der Waals surface area contributed by atoms with Crippen LogP contribution in [-0.2, 0) is 4.79 Å². The highest BCUT2D eigenvalue weighted by Gasteiger charge is 2.39. The Labute approximate surface area is 117 Å². The number of carboxylic acid groups (broad SMARTS) is 1. The first-order valence-corrected chi connectivity index (χ1v) is 6.69. The highest BCUT2D eigenvalue weighted by molar-refractivity contribution is 5.94. The third-order valence-corrected chi connectivity index (χ3v) is 3.92. The normalized spacial score (nSPS) is 16.1. The zero-order valence-electron chi connectivity index (χ0n) is 11.5. The molecule has 0 spiro atoms. The summed E-state index contributed by atoms with van der Waals surface area (Å²) >= 11 is 0. The number of hydrogen-bond donors (Lipinski definition) is 2. The molecule has 0 atom stereocenters. The van der Waals surface area contributed by atoms with E-state index in [0.717, 1.165) is 19.3 Å². The first-order valence-electron chi connectivity index (χ1n) is 6.69. The van der Waals surface area contributed by atoms with Crippen LogP contribution in [-0.4, -0.2) is 30.6 Å². The molecule has 0 radical (unpaired) electrons. The lowest BCUT2D eigenvalue weighted by Crippen LogP contribution is -2.43. The molecule has 2 rings (SSSR count). The van der Waals surface area contributed by atoms with Gasteiger partial charge < -0.3 is 15.2 Å². The third-order valence-electron chi connectivity index (χ3n) is 3.92. The molecule has 5 heteroatoms. The summed E-state index contributed by atoms with van der Waals surface area (Å²) in [6.45, 7) is 0.421. The summed E-state index contributed by atoms with van der Waals surface area (Å²) in [6, 6.07) is 6.84. The molecule has 0 heterocycles. The van der Waals surface area contributed by atoms with Gasteiger partial charge >= 0.3 is 5.97 Å². The van der Waals surface area contributed by atoms with Gasteiger partial charge in [-0.2, -0.15) is 0 Å². The first-order chi connectivity index (χ1) is 9.54. The van der Waals surface area contributed by atoms with Crippen LogP contribution in [0.25, 0.3) is 0 Å². The zero-order valence-corrected chi connectivity index (χ0v) is 11.5. The first kappa shape index (κ1) is 14.4. The molecule has 0 aliphatic heterocycles. The molecule has 2 N–H and O–H groups in total. The van der Waals surface area contributed by atoms with Gasteiger partial charge in [0.2, 0.25) is 0 Å². The molecule has 1 amide bonds. The maximum absolute atomic E-state index is 12.0. The van der Waals surface area contributed by atoms with Gasteiger partial charge in [-0.05, 0) is 42.5 Å². The Balaban J connectivity index is 1.92. The van der Waals surface area contributed by atoms with E-state index in [9.17, 15) is 9.59 Å². The van der Waals surface area contributed by atoms with Crippen LogP contribution in [0, 0.1) is 5.41 Å². The van der Waals surface area contributed by atoms with Crippen LogP contribution in [0.4, 0.5) is 0 Å². The number of amides is 1. The number of rotatable bonds is 6. The molecule has 5 nitrogen and oxygen atoms in total. The van der Waals surface area contributed by atoms with Gasteiger partial charge in [-0.25, -0.2) is 0 Å². The molecule has 1 aromatic rings. The summed E-state index contributed by atoms with van der Waals surface area (Å²) in [4.78, 5) is 22.9. The number of methoxy groups -OCH3 is 1. The summed E-state index contributed by atoms with van der Waals surface area (Å²) in [5.41, 5.74) is 0.295. The molecule has 1 aliphatic rings. The van der Waals surface area contributed by atoms with E-state index in [4.69, 9.17) is 9.84 Å². The van der Waals surface area contributed by atoms with Crippen molar-refractivity contribution < 1.29 is 19.4 Å². The molecule has 20 heavy (non-hydrogen) atoms. The van der Waals surface area contributed by atoms with Crippen molar-refractivity contribution in [2.75, 3.05) is 13.7 Å². The number of carboxylic acids is 1. The van der Waals surface area contributed by atoms with Gasteiger partial charge in [0.1, 0.15) is 5.75 Å². The number of carbonyl (C=O) groups excluding carboxylic acids is 1. The predicted octanol–water partition coefficient (Wildman–Crippen LogP) is 2.07. The molecular formula is C15H19NO4. The van der Waals surface area contributed by atoms with E-state index in [1.807, 2.05) is 0 Å². The third kappa shape index (κ3) is 3.29. The van der Waals surface area contributed by atoms with Crippen molar-refractivity contribution in [3.8, 4) is 5.75 Å². The summed E-state index contributed by atoms with van der Waals surface area (Å²) in [5, 5.41) is 11.8. The highest BCUT2D eigenvalue weighted by atomic mass is 16.5. The van der Waals surface area contributed by atoms with Gasteiger partial charge in [0.15, 0.2) is 0 Å². The van der Waals surface area contributed by atoms with Crippen LogP contribution in [0.1, 0.15) is 36.0 Å². The summed E-state index contributed by atoms with van der Waals surface area (Å²) in [7, 11) is 1.57. The minimum absolute atomic E-state index is 0.121. The van der Waals surface area contributed by atoms with Crippen molar-refractivity contribution in [1.29, 1.82) is 0 Å². The molecule has 108 valence electrons. The van der Waals surface area contributed by atoms with Crippen LogP contribution in [0.3, 0.4) is 0 Å². The molecule has 1 fully saturated rings. The number of hydrogen-bond acceptors (Lipinski definition) is 3. The standard InChI is InChI=1S/C15H19NO4/c1-20-12-5-3-11(4-6-12)14(19)16-10-15(7-2-8-15)9-13(17)18/h3-6H,2,7-10H2,1H3,(H,16,19)(H,17,18). The second-order valence-electron chi connectivity index (χ2n) is 5.34. The second-order valence-corrected chi connectivity index (χ2v) is 5.34. The monoisotopic (exact) mass is 277 g/mol. The van der Waals surface area contributed by atoms with E-state index < -0.39 is 5.97 Å². The average molecular weight is 277 g/mol. The minimum Gasteiger partial charge on any atom is -0.497 e. The molecule has 0 bridgehead atoms. The Kier molecular flexibility index (Phi) is 4.27. The lowest BCUT2D eigenvalue weighted by molar-refractivity contribution is -0.141. The Morgan fingerprint density at radius 1 is 1.30 bits per heavy atom. The van der Waals surface area contributed by atoms with Crippen molar-refractivity contribution in [1.82, 2.24) is 5.32 Å². The lowest BCUT2D eigenvalue weighted by atomic mass is 9.66. The molecule has 1 aliphatic carbocycles. The molecule has 0 aromatic heterocycles. The summed E-state index contributed by atoms with van der Waals surface area (Å²) in [5.74, 6) is -0.282. The average Bonchev–Trinajstić information content (AvgIpc) is 2.41. The van der Waals surface area contributed by atoms with E-state index in [2.05, 4.69) is 5.32 Å². The molecular weight excluding hydrogens is 258 g/mol. The fraction of sp³-hybridized carbons (Fsp3) is 0.467. The largest absolute Gasteiger partial charge is 0.497 e. The second kappa shape index (κ2) is 5.94. The Bertz CT molecular complexity index is 491. The smallest absolute Gasteiger partial charge is 0.303 e. The number of carbonyl (C=O) groups is 2. The fourth-order valence-corrected chi connectivity index (χ4v) is 2.53. The summed E-state index contributed by atoms with van der Waals surface area (Å²) < 4.78 is 5.04. The van der Waals surface area contributed by atoms with Crippen LogP contribution in [0.15, 0.2) is 24.3 Å². The predicted molar refractivity (Wildman–Crippen MR) is 73.9 cm³/mol. The van der Waals surface area contributed by atoms with Crippen LogP contribution < -0.4 is 10.1 Å². The summed E-state index contributed by atoms with van der Waals surface area (Å²) in [6.07, 6.45) is 2.88. The molecule has 0 saturated heterocycles. The van der Waals surface area contributed by atoms with Crippen molar-refractivity contribution in [2.45, 2.75) is 25.7 Å². The van der Waals surface area contributed by atoms with Gasteiger partial charge in [0, 0.05) is 12.1 Å². The number of benzene rings is 1. The van der Waals surface area contributed by atoms with Gasteiger partial charge in [-0.1, -0.05) is 6.42 Å². The van der Waals surface area contributed by atoms with Crippen LogP contribution in [0.5, 0.6) is 5.75 Å². The van der Waals surface area contributed by atoms with E-state index in [0.29, 0.717) is 17.9 Å². The zero-order chi connectivity index (χ0) is 14.6. The van der Waals surface area contributed by atoms with E-state index in [-0.39, 0.29) is 17.7 Å². The molecule has 1 saturated carbocycles. The number of ether oxygens (including phenoxy) is 1. The quantitative estimate of drug-likeness (QED) is 0.834. The van der Waals surface area contributed by atoms with Crippen molar-refractivity contribution in [3.63, 3.8) is 0 Å². The maximum atomic E-state index is 12.0. The Morgan fingerprint density at radius 2 is 1.95 bits per heavy atom. The highest BCUT2D eigenvalue weighted by Crippen LogP contribution is 2.43.